The molecule has 2 bridgehead atoms. The highest BCUT2D eigenvalue weighted by atomic mass is 32.1. The lowest BCUT2D eigenvalue weighted by atomic mass is 10.1. The van der Waals surface area contributed by atoms with Gasteiger partial charge < -0.3 is 16.0 Å². The van der Waals surface area contributed by atoms with Crippen molar-refractivity contribution in [1.82, 2.24) is 20.3 Å². The van der Waals surface area contributed by atoms with Crippen molar-refractivity contribution < 1.29 is 4.39 Å². The van der Waals surface area contributed by atoms with Crippen molar-refractivity contribution in [1.29, 1.82) is 0 Å². The second-order valence-corrected chi connectivity index (χ2v) is 9.11. The Hall–Kier alpha value is -2.58. The molecule has 2 saturated heterocycles. The van der Waals surface area contributed by atoms with Crippen LogP contribution in [0, 0.1) is 5.82 Å². The summed E-state index contributed by atoms with van der Waals surface area (Å²) in [6.45, 7) is 1.97. The number of nitrogen functional groups attached to an aromatic ring is 1. The maximum Gasteiger partial charge on any atom is 0.220 e. The molecule has 2 aliphatic heterocycles. The van der Waals surface area contributed by atoms with Crippen LogP contribution in [0.15, 0.2) is 30.5 Å². The predicted octanol–water partition coefficient (Wildman–Crippen LogP) is 3.42. The molecular formula is C21H21FN6S. The van der Waals surface area contributed by atoms with Crippen LogP contribution in [0.2, 0.25) is 0 Å². The maximum atomic E-state index is 13.5. The van der Waals surface area contributed by atoms with Crippen molar-refractivity contribution in [2.45, 2.75) is 37.3 Å². The van der Waals surface area contributed by atoms with E-state index in [2.05, 4.69) is 20.2 Å². The molecule has 6 nitrogen and oxygen atoms in total. The summed E-state index contributed by atoms with van der Waals surface area (Å²) in [6.07, 6.45) is 5.33. The number of thiazole rings is 1. The van der Waals surface area contributed by atoms with Gasteiger partial charge in [0.05, 0.1) is 16.3 Å². The lowest BCUT2D eigenvalue weighted by Gasteiger charge is -2.26. The molecule has 148 valence electrons. The first-order chi connectivity index (χ1) is 14.2. The van der Waals surface area contributed by atoms with Crippen molar-refractivity contribution in [3.8, 4) is 21.8 Å². The van der Waals surface area contributed by atoms with E-state index < -0.39 is 0 Å². The highest BCUT2D eigenvalue weighted by Crippen LogP contribution is 2.48. The fraction of sp³-hybridized carbons (Fsp3) is 0.381. The van der Waals surface area contributed by atoms with E-state index in [0.29, 0.717) is 18.0 Å². The number of nitrogens with two attached hydrogens (primary N) is 1. The number of benzene rings is 1. The van der Waals surface area contributed by atoms with E-state index in [9.17, 15) is 4.39 Å². The van der Waals surface area contributed by atoms with Crippen LogP contribution in [-0.4, -0.2) is 40.1 Å². The Morgan fingerprint density at radius 3 is 2.66 bits per heavy atom. The van der Waals surface area contributed by atoms with Gasteiger partial charge in [-0.1, -0.05) is 11.3 Å². The summed E-state index contributed by atoms with van der Waals surface area (Å²) < 4.78 is 13.5. The highest BCUT2D eigenvalue weighted by Gasteiger charge is 2.39. The number of hydrogen-bond acceptors (Lipinski definition) is 7. The number of nitrogens with one attached hydrogen (secondary N) is 1. The standard InChI is InChI=1S/C21H21FN6S/c22-13-5-3-12(4-6-13)17-19(18-16(11-1-2-11)9-25-20(23)26-18)29-21(27-17)28-10-14-7-15(28)8-24-14/h3-6,9,11,14-15,24H,1-2,7-8,10H2,(H2,23,25,26). The molecule has 29 heavy (non-hydrogen) atoms. The molecule has 8 heteroatoms. The molecule has 3 N–H and O–H groups in total. The zero-order chi connectivity index (χ0) is 19.5. The molecule has 1 aliphatic carbocycles. The van der Waals surface area contributed by atoms with Crippen molar-refractivity contribution in [3.63, 3.8) is 0 Å². The molecule has 3 aromatic rings. The van der Waals surface area contributed by atoms with E-state index in [0.717, 1.165) is 64.9 Å². The van der Waals surface area contributed by atoms with Gasteiger partial charge in [0.15, 0.2) is 5.13 Å². The predicted molar refractivity (Wildman–Crippen MR) is 112 cm³/mol. The largest absolute Gasteiger partial charge is 0.368 e. The first kappa shape index (κ1) is 17.3. The average molecular weight is 409 g/mol. The lowest BCUT2D eigenvalue weighted by molar-refractivity contribution is 0.579. The van der Waals surface area contributed by atoms with Crippen LogP contribution >= 0.6 is 11.3 Å². The molecule has 3 fully saturated rings. The molecule has 0 radical (unpaired) electrons. The van der Waals surface area contributed by atoms with Gasteiger partial charge >= 0.3 is 0 Å². The average Bonchev–Trinajstić information content (AvgIpc) is 3.14. The minimum atomic E-state index is -0.251. The van der Waals surface area contributed by atoms with Gasteiger partial charge in [0.25, 0.3) is 0 Å². The van der Waals surface area contributed by atoms with Crippen molar-refractivity contribution in [2.75, 3.05) is 23.7 Å². The van der Waals surface area contributed by atoms with Crippen LogP contribution < -0.4 is 16.0 Å². The van der Waals surface area contributed by atoms with Crippen molar-refractivity contribution in [2.24, 2.45) is 0 Å². The Balaban J connectivity index is 1.51. The number of fused-ring (bicyclic) bond motifs is 2. The van der Waals surface area contributed by atoms with E-state index in [1.54, 1.807) is 23.5 Å². The van der Waals surface area contributed by atoms with Gasteiger partial charge in [0.1, 0.15) is 5.82 Å². The summed E-state index contributed by atoms with van der Waals surface area (Å²) in [5.41, 5.74) is 9.73. The maximum absolute atomic E-state index is 13.5. The molecule has 0 amide bonds. The van der Waals surface area contributed by atoms with E-state index >= 15 is 0 Å². The molecule has 1 aromatic carbocycles. The van der Waals surface area contributed by atoms with Gasteiger partial charge in [-0.05, 0) is 49.4 Å². The molecule has 4 heterocycles. The third-order valence-corrected chi connectivity index (χ3v) is 7.20. The van der Waals surface area contributed by atoms with Gasteiger partial charge in [0.2, 0.25) is 5.95 Å². The van der Waals surface area contributed by atoms with Crippen LogP contribution in [0.1, 0.15) is 30.7 Å². The van der Waals surface area contributed by atoms with Crippen LogP contribution in [0.25, 0.3) is 21.8 Å². The Morgan fingerprint density at radius 2 is 1.97 bits per heavy atom. The fourth-order valence-corrected chi connectivity index (χ4v) is 5.65. The number of rotatable bonds is 4. The number of nitrogens with zero attached hydrogens (tertiary/aromatic N) is 4. The Morgan fingerprint density at radius 1 is 1.14 bits per heavy atom. The molecule has 2 aromatic heterocycles. The summed E-state index contributed by atoms with van der Waals surface area (Å²) in [7, 11) is 0. The second-order valence-electron chi connectivity index (χ2n) is 8.13. The number of aromatic nitrogens is 3. The summed E-state index contributed by atoms with van der Waals surface area (Å²) in [6, 6.07) is 7.57. The van der Waals surface area contributed by atoms with Crippen molar-refractivity contribution >= 4 is 22.4 Å². The third-order valence-electron chi connectivity index (χ3n) is 6.10. The molecule has 3 aliphatic rings. The molecular weight excluding hydrogens is 387 g/mol. The Labute approximate surface area is 172 Å². The van der Waals surface area contributed by atoms with Gasteiger partial charge in [-0.25, -0.2) is 19.3 Å². The van der Waals surface area contributed by atoms with E-state index in [1.807, 2.05) is 6.20 Å². The molecule has 2 atom stereocenters. The smallest absolute Gasteiger partial charge is 0.220 e. The third kappa shape index (κ3) is 2.98. The monoisotopic (exact) mass is 408 g/mol. The quantitative estimate of drug-likeness (QED) is 0.689. The minimum absolute atomic E-state index is 0.251. The molecule has 1 saturated carbocycles. The number of hydrogen-bond donors (Lipinski definition) is 2. The van der Waals surface area contributed by atoms with E-state index in [-0.39, 0.29) is 11.8 Å². The molecule has 6 rings (SSSR count). The van der Waals surface area contributed by atoms with Crippen molar-refractivity contribution in [3.05, 3.63) is 41.8 Å². The SMILES string of the molecule is Nc1ncc(C2CC2)c(-c2sc(N3CC4CC3CN4)nc2-c2ccc(F)cc2)n1. The van der Waals surface area contributed by atoms with E-state index in [1.165, 1.54) is 12.1 Å². The Kier molecular flexibility index (Phi) is 3.86. The van der Waals surface area contributed by atoms with Crippen LogP contribution in [0.5, 0.6) is 0 Å². The summed E-state index contributed by atoms with van der Waals surface area (Å²) in [5.74, 6) is 0.511. The van der Waals surface area contributed by atoms with Gasteiger partial charge in [0, 0.05) is 42.5 Å². The second kappa shape index (κ2) is 6.47. The van der Waals surface area contributed by atoms with Gasteiger partial charge in [-0.2, -0.15) is 0 Å². The van der Waals surface area contributed by atoms with Crippen LogP contribution in [-0.2, 0) is 0 Å². The molecule has 2 unspecified atom stereocenters. The molecule has 0 spiro atoms. The lowest BCUT2D eigenvalue weighted by Crippen LogP contribution is -2.43. The summed E-state index contributed by atoms with van der Waals surface area (Å²) in [5, 5.41) is 4.55. The van der Waals surface area contributed by atoms with E-state index in [4.69, 9.17) is 10.7 Å². The van der Waals surface area contributed by atoms with Gasteiger partial charge in [-0.15, -0.1) is 0 Å². The minimum Gasteiger partial charge on any atom is -0.368 e. The zero-order valence-electron chi connectivity index (χ0n) is 15.8. The number of piperazine rings is 1. The highest BCUT2D eigenvalue weighted by molar-refractivity contribution is 7.19. The fourth-order valence-electron chi connectivity index (χ4n) is 4.47. The summed E-state index contributed by atoms with van der Waals surface area (Å²) >= 11 is 1.66. The number of halogens is 1. The van der Waals surface area contributed by atoms with Crippen LogP contribution in [0.3, 0.4) is 0 Å². The summed E-state index contributed by atoms with van der Waals surface area (Å²) in [4.78, 5) is 17.3. The first-order valence-electron chi connectivity index (χ1n) is 10.1. The Bertz CT molecular complexity index is 1080. The zero-order valence-corrected chi connectivity index (χ0v) is 16.6. The first-order valence-corrected chi connectivity index (χ1v) is 10.9. The van der Waals surface area contributed by atoms with Gasteiger partial charge in [-0.3, -0.25) is 0 Å². The van der Waals surface area contributed by atoms with Crippen LogP contribution in [0.4, 0.5) is 15.5 Å². The topological polar surface area (TPSA) is 80.0 Å². The normalized spacial score (nSPS) is 23.1. The number of anilines is 2.